The number of benzene rings is 1. The van der Waals surface area contributed by atoms with E-state index in [0.29, 0.717) is 18.7 Å². The number of thiophene rings is 1. The smallest absolute Gasteiger partial charge is 0.262 e. The van der Waals surface area contributed by atoms with Crippen molar-refractivity contribution in [2.75, 3.05) is 6.54 Å². The van der Waals surface area contributed by atoms with E-state index in [1.54, 1.807) is 45.3 Å². The molecule has 7 heteroatoms. The maximum absolute atomic E-state index is 13.1. The van der Waals surface area contributed by atoms with Gasteiger partial charge in [0, 0.05) is 30.9 Å². The molecule has 1 aliphatic rings. The van der Waals surface area contributed by atoms with E-state index in [2.05, 4.69) is 17.6 Å². The average Bonchev–Trinajstić information content (AvgIpc) is 3.17. The normalized spacial score (nSPS) is 12.9. The predicted molar refractivity (Wildman–Crippen MR) is 122 cm³/mol. The van der Waals surface area contributed by atoms with Gasteiger partial charge in [-0.2, -0.15) is 5.26 Å². The summed E-state index contributed by atoms with van der Waals surface area (Å²) in [5.41, 5.74) is 2.57. The summed E-state index contributed by atoms with van der Waals surface area (Å²) in [6.07, 6.45) is 7.68. The first-order chi connectivity index (χ1) is 15.1. The second-order valence-corrected chi connectivity index (χ2v) is 8.84. The molecule has 0 spiro atoms. The first-order valence-corrected chi connectivity index (χ1v) is 11.3. The molecule has 2 heterocycles. The van der Waals surface area contributed by atoms with Crippen LogP contribution in [0.2, 0.25) is 0 Å². The number of aryl methyl sites for hydroxylation is 3. The number of fused-ring (bicyclic) bond motifs is 3. The Morgan fingerprint density at radius 3 is 3.00 bits per heavy atom. The standard InChI is InChI=1S/C24H24N4O2S/c1-2-11-27(15-18-7-5-6-17(13-18)14-25)21(29)10-12-28-16-26-23-22(24(28)30)19-8-3-4-9-20(19)31-23/h2,5-7,13,16H,1,3-4,8-12,15H2. The van der Waals surface area contributed by atoms with Gasteiger partial charge in [0.15, 0.2) is 0 Å². The number of rotatable bonds is 7. The molecule has 0 fully saturated rings. The van der Waals surface area contributed by atoms with Crippen molar-refractivity contribution < 1.29 is 4.79 Å². The number of nitrogens with zero attached hydrogens (tertiary/aromatic N) is 4. The lowest BCUT2D eigenvalue weighted by Crippen LogP contribution is -2.32. The molecule has 6 nitrogen and oxygen atoms in total. The van der Waals surface area contributed by atoms with E-state index in [1.165, 1.54) is 11.3 Å². The maximum Gasteiger partial charge on any atom is 0.262 e. The number of hydrogen-bond acceptors (Lipinski definition) is 5. The third kappa shape index (κ3) is 4.44. The molecule has 0 radical (unpaired) electrons. The van der Waals surface area contributed by atoms with Crippen LogP contribution in [0.1, 0.15) is 40.8 Å². The fraction of sp³-hybridized carbons (Fsp3) is 0.333. The minimum Gasteiger partial charge on any atom is -0.335 e. The van der Waals surface area contributed by atoms with Crippen molar-refractivity contribution in [3.05, 3.63) is 75.2 Å². The summed E-state index contributed by atoms with van der Waals surface area (Å²) in [5.74, 6) is -0.0680. The highest BCUT2D eigenvalue weighted by atomic mass is 32.1. The van der Waals surface area contributed by atoms with Gasteiger partial charge in [-0.25, -0.2) is 4.98 Å². The Morgan fingerprint density at radius 1 is 1.35 bits per heavy atom. The maximum atomic E-state index is 13.1. The minimum atomic E-state index is -0.0680. The Balaban J connectivity index is 1.50. The molecule has 0 N–H and O–H groups in total. The molecule has 3 aromatic rings. The summed E-state index contributed by atoms with van der Waals surface area (Å²) in [7, 11) is 0. The van der Waals surface area contributed by atoms with E-state index in [1.807, 2.05) is 12.1 Å². The van der Waals surface area contributed by atoms with Crippen molar-refractivity contribution in [2.45, 2.75) is 45.2 Å². The molecular weight excluding hydrogens is 408 g/mol. The zero-order valence-corrected chi connectivity index (χ0v) is 18.2. The van der Waals surface area contributed by atoms with Gasteiger partial charge in [0.2, 0.25) is 5.91 Å². The second kappa shape index (κ2) is 9.27. The Hall–Kier alpha value is -3.24. The van der Waals surface area contributed by atoms with E-state index >= 15 is 0 Å². The highest BCUT2D eigenvalue weighted by Crippen LogP contribution is 2.33. The fourth-order valence-corrected chi connectivity index (χ4v) is 5.30. The van der Waals surface area contributed by atoms with Crippen molar-refractivity contribution in [2.24, 2.45) is 0 Å². The van der Waals surface area contributed by atoms with Crippen molar-refractivity contribution in [3.63, 3.8) is 0 Å². The third-order valence-electron chi connectivity index (χ3n) is 5.64. The second-order valence-electron chi connectivity index (χ2n) is 7.76. The van der Waals surface area contributed by atoms with Gasteiger partial charge in [-0.15, -0.1) is 17.9 Å². The van der Waals surface area contributed by atoms with Crippen LogP contribution in [-0.2, 0) is 30.7 Å². The molecule has 0 saturated heterocycles. The topological polar surface area (TPSA) is 79.0 Å². The van der Waals surface area contributed by atoms with E-state index < -0.39 is 0 Å². The van der Waals surface area contributed by atoms with Crippen molar-refractivity contribution in [1.29, 1.82) is 5.26 Å². The largest absolute Gasteiger partial charge is 0.335 e. The Morgan fingerprint density at radius 2 is 2.19 bits per heavy atom. The van der Waals surface area contributed by atoms with Crippen LogP contribution in [-0.4, -0.2) is 26.9 Å². The Labute approximate surface area is 185 Å². The minimum absolute atomic E-state index is 0.0470. The number of nitriles is 1. The molecule has 31 heavy (non-hydrogen) atoms. The van der Waals surface area contributed by atoms with Gasteiger partial charge in [-0.05, 0) is 48.9 Å². The first kappa shape index (κ1) is 21.0. The van der Waals surface area contributed by atoms with E-state index in [-0.39, 0.29) is 24.4 Å². The Bertz CT molecular complexity index is 1230. The van der Waals surface area contributed by atoms with Gasteiger partial charge < -0.3 is 4.90 Å². The summed E-state index contributed by atoms with van der Waals surface area (Å²) in [6, 6.07) is 9.35. The summed E-state index contributed by atoms with van der Waals surface area (Å²) < 4.78 is 1.56. The van der Waals surface area contributed by atoms with Gasteiger partial charge in [-0.1, -0.05) is 18.2 Å². The van der Waals surface area contributed by atoms with Crippen LogP contribution in [0.3, 0.4) is 0 Å². The van der Waals surface area contributed by atoms with Crippen LogP contribution in [0.15, 0.2) is 48.0 Å². The van der Waals surface area contributed by atoms with Crippen LogP contribution >= 0.6 is 11.3 Å². The van der Waals surface area contributed by atoms with E-state index in [9.17, 15) is 9.59 Å². The highest BCUT2D eigenvalue weighted by Gasteiger charge is 2.20. The lowest BCUT2D eigenvalue weighted by Gasteiger charge is -2.21. The summed E-state index contributed by atoms with van der Waals surface area (Å²) >= 11 is 1.63. The van der Waals surface area contributed by atoms with E-state index in [0.717, 1.165) is 40.6 Å². The summed E-state index contributed by atoms with van der Waals surface area (Å²) in [5, 5.41) is 9.84. The molecule has 158 valence electrons. The molecule has 1 aliphatic carbocycles. The summed E-state index contributed by atoms with van der Waals surface area (Å²) in [4.78, 5) is 34.3. The quantitative estimate of drug-likeness (QED) is 0.532. The fourth-order valence-electron chi connectivity index (χ4n) is 4.08. The lowest BCUT2D eigenvalue weighted by atomic mass is 9.97. The number of carbonyl (C=O) groups excluding carboxylic acids is 1. The lowest BCUT2D eigenvalue weighted by molar-refractivity contribution is -0.131. The van der Waals surface area contributed by atoms with Gasteiger partial charge in [0.25, 0.3) is 5.56 Å². The molecule has 1 aromatic carbocycles. The van der Waals surface area contributed by atoms with Crippen LogP contribution in [0.4, 0.5) is 0 Å². The third-order valence-corrected chi connectivity index (χ3v) is 6.84. The number of hydrogen-bond donors (Lipinski definition) is 0. The van der Waals surface area contributed by atoms with Gasteiger partial charge in [0.05, 0.1) is 23.3 Å². The number of carbonyl (C=O) groups is 1. The van der Waals surface area contributed by atoms with Gasteiger partial charge >= 0.3 is 0 Å². The van der Waals surface area contributed by atoms with Crippen LogP contribution in [0, 0.1) is 11.3 Å². The van der Waals surface area contributed by atoms with Crippen LogP contribution in [0.5, 0.6) is 0 Å². The zero-order valence-electron chi connectivity index (χ0n) is 17.3. The molecule has 0 aliphatic heterocycles. The molecule has 2 aromatic heterocycles. The van der Waals surface area contributed by atoms with Crippen LogP contribution < -0.4 is 5.56 Å². The zero-order chi connectivity index (χ0) is 21.8. The molecule has 4 rings (SSSR count). The van der Waals surface area contributed by atoms with Crippen molar-refractivity contribution in [3.8, 4) is 6.07 Å². The molecule has 0 atom stereocenters. The Kier molecular flexibility index (Phi) is 6.28. The molecule has 0 unspecified atom stereocenters. The molecule has 0 bridgehead atoms. The number of aromatic nitrogens is 2. The average molecular weight is 433 g/mol. The predicted octanol–water partition coefficient (Wildman–Crippen LogP) is 3.81. The van der Waals surface area contributed by atoms with Crippen molar-refractivity contribution >= 4 is 27.5 Å². The monoisotopic (exact) mass is 432 g/mol. The van der Waals surface area contributed by atoms with Crippen molar-refractivity contribution in [1.82, 2.24) is 14.5 Å². The highest BCUT2D eigenvalue weighted by molar-refractivity contribution is 7.18. The molecule has 0 saturated carbocycles. The summed E-state index contributed by atoms with van der Waals surface area (Å²) in [6.45, 7) is 4.83. The van der Waals surface area contributed by atoms with Crippen LogP contribution in [0.25, 0.3) is 10.2 Å². The van der Waals surface area contributed by atoms with E-state index in [4.69, 9.17) is 5.26 Å². The SMILES string of the molecule is C=CCN(Cc1cccc(C#N)c1)C(=O)CCn1cnc2sc3c(c2c1=O)CCCC3. The first-order valence-electron chi connectivity index (χ1n) is 10.5. The van der Waals surface area contributed by atoms with Gasteiger partial charge in [0.1, 0.15) is 4.83 Å². The molecule has 1 amide bonds. The molecular formula is C24H24N4O2S. The number of amides is 1. The van der Waals surface area contributed by atoms with Gasteiger partial charge in [-0.3, -0.25) is 14.2 Å².